The minimum absolute atomic E-state index is 0.198. The Labute approximate surface area is 58.7 Å². The van der Waals surface area contributed by atoms with Crippen LogP contribution in [-0.4, -0.2) is 37.5 Å². The molecule has 4 heteroatoms. The van der Waals surface area contributed by atoms with Crippen LogP contribution < -0.4 is 0 Å². The largest absolute Gasteiger partial charge is 0.480 e. The summed E-state index contributed by atoms with van der Waals surface area (Å²) in [5.74, 6) is -0.500. The fourth-order valence-electron chi connectivity index (χ4n) is 0.694. The number of carboxylic acids is 1. The molecule has 1 N–H and O–H groups in total. The van der Waals surface area contributed by atoms with Crippen LogP contribution in [0.2, 0.25) is 0 Å². The van der Waals surface area contributed by atoms with E-state index < -0.39 is 5.97 Å². The van der Waals surface area contributed by atoms with E-state index in [1.807, 2.05) is 0 Å². The second kappa shape index (κ2) is 3.53. The predicted molar refractivity (Wildman–Crippen MR) is 32.8 cm³/mol. The van der Waals surface area contributed by atoms with Crippen molar-refractivity contribution >= 4 is 5.97 Å². The maximum absolute atomic E-state index is 9.93. The van der Waals surface area contributed by atoms with Gasteiger partial charge in [-0.2, -0.15) is 0 Å². The molecule has 1 saturated heterocycles. The number of carbonyl (C=O) groups is 1. The first kappa shape index (κ1) is 7.50. The molecule has 0 spiro atoms. The van der Waals surface area contributed by atoms with Crippen molar-refractivity contribution in [3.05, 3.63) is 0 Å². The summed E-state index contributed by atoms with van der Waals surface area (Å²) < 4.78 is 9.68. The van der Waals surface area contributed by atoms with E-state index in [-0.39, 0.29) is 6.61 Å². The van der Waals surface area contributed by atoms with Crippen molar-refractivity contribution in [3.63, 3.8) is 0 Å². The number of aliphatic carboxylic acids is 1. The van der Waals surface area contributed by atoms with Crippen molar-refractivity contribution in [2.24, 2.45) is 5.92 Å². The van der Waals surface area contributed by atoms with Crippen molar-refractivity contribution in [3.8, 4) is 0 Å². The fraction of sp³-hybridized carbons (Fsp3) is 0.833. The van der Waals surface area contributed by atoms with Gasteiger partial charge in [0.1, 0.15) is 6.61 Å². The van der Waals surface area contributed by atoms with Gasteiger partial charge in [-0.25, -0.2) is 4.79 Å². The van der Waals surface area contributed by atoms with Crippen LogP contribution in [0.1, 0.15) is 0 Å². The van der Waals surface area contributed by atoms with Gasteiger partial charge in [0, 0.05) is 5.92 Å². The van der Waals surface area contributed by atoms with Crippen molar-refractivity contribution in [2.45, 2.75) is 0 Å². The molecule has 0 unspecified atom stereocenters. The van der Waals surface area contributed by atoms with Crippen molar-refractivity contribution in [1.29, 1.82) is 0 Å². The van der Waals surface area contributed by atoms with Crippen LogP contribution in [0, 0.1) is 5.92 Å². The molecule has 0 aromatic heterocycles. The quantitative estimate of drug-likeness (QED) is 0.593. The highest BCUT2D eigenvalue weighted by Gasteiger charge is 2.18. The van der Waals surface area contributed by atoms with Gasteiger partial charge in [0.05, 0.1) is 19.8 Å². The molecule has 1 fully saturated rings. The molecule has 1 heterocycles. The summed E-state index contributed by atoms with van der Waals surface area (Å²) in [6, 6.07) is 0. The standard InChI is InChI=1S/C6H10O4/c7-6(8)4-10-3-5-1-9-2-5/h5H,1-4H2,(H,7,8). The smallest absolute Gasteiger partial charge is 0.329 e. The lowest BCUT2D eigenvalue weighted by Crippen LogP contribution is -2.32. The highest BCUT2D eigenvalue weighted by molar-refractivity contribution is 5.67. The van der Waals surface area contributed by atoms with Crippen LogP contribution in [0.15, 0.2) is 0 Å². The Balaban J connectivity index is 1.89. The molecule has 0 amide bonds. The Morgan fingerprint density at radius 3 is 2.80 bits per heavy atom. The van der Waals surface area contributed by atoms with E-state index in [1.54, 1.807) is 0 Å². The lowest BCUT2D eigenvalue weighted by atomic mass is 10.1. The zero-order valence-electron chi connectivity index (χ0n) is 5.58. The van der Waals surface area contributed by atoms with E-state index in [9.17, 15) is 4.79 Å². The van der Waals surface area contributed by atoms with E-state index in [1.165, 1.54) is 0 Å². The van der Waals surface area contributed by atoms with Crippen molar-refractivity contribution < 1.29 is 19.4 Å². The SMILES string of the molecule is O=C(O)COCC1COC1. The molecule has 58 valence electrons. The Hall–Kier alpha value is -0.610. The van der Waals surface area contributed by atoms with Crippen LogP contribution in [0.4, 0.5) is 0 Å². The molecular formula is C6H10O4. The summed E-state index contributed by atoms with van der Waals surface area (Å²) >= 11 is 0. The van der Waals surface area contributed by atoms with Gasteiger partial charge >= 0.3 is 5.97 Å². The first-order valence-corrected chi connectivity index (χ1v) is 3.16. The second-order valence-electron chi connectivity index (χ2n) is 2.31. The topological polar surface area (TPSA) is 55.8 Å². The van der Waals surface area contributed by atoms with E-state index in [0.717, 1.165) is 0 Å². The molecule has 0 aromatic carbocycles. The van der Waals surface area contributed by atoms with E-state index in [4.69, 9.17) is 14.6 Å². The number of hydrogen-bond donors (Lipinski definition) is 1. The first-order chi connectivity index (χ1) is 4.79. The molecule has 4 nitrogen and oxygen atoms in total. The van der Waals surface area contributed by atoms with Gasteiger partial charge < -0.3 is 14.6 Å². The summed E-state index contributed by atoms with van der Waals surface area (Å²) in [6.45, 7) is 1.72. The normalized spacial score (nSPS) is 18.4. The fourth-order valence-corrected chi connectivity index (χ4v) is 0.694. The number of ether oxygens (including phenoxy) is 2. The third-order valence-corrected chi connectivity index (χ3v) is 1.29. The minimum atomic E-state index is -0.916. The number of carboxylic acid groups (broad SMARTS) is 1. The van der Waals surface area contributed by atoms with Gasteiger partial charge in [-0.1, -0.05) is 0 Å². The van der Waals surface area contributed by atoms with Gasteiger partial charge in [0.2, 0.25) is 0 Å². The summed E-state index contributed by atoms with van der Waals surface area (Å²) in [7, 11) is 0. The zero-order chi connectivity index (χ0) is 7.40. The molecule has 1 rings (SSSR count). The highest BCUT2D eigenvalue weighted by Crippen LogP contribution is 2.09. The van der Waals surface area contributed by atoms with Crippen LogP contribution in [0.25, 0.3) is 0 Å². The Morgan fingerprint density at radius 2 is 2.40 bits per heavy atom. The summed E-state index contributed by atoms with van der Waals surface area (Å²) in [6.07, 6.45) is 0. The third-order valence-electron chi connectivity index (χ3n) is 1.29. The van der Waals surface area contributed by atoms with Crippen LogP contribution in [-0.2, 0) is 14.3 Å². The van der Waals surface area contributed by atoms with E-state index in [0.29, 0.717) is 25.7 Å². The summed E-state index contributed by atoms with van der Waals surface area (Å²) in [5.41, 5.74) is 0. The van der Waals surface area contributed by atoms with E-state index >= 15 is 0 Å². The average Bonchev–Trinajstić information content (AvgIpc) is 1.75. The molecule has 0 atom stereocenters. The Kier molecular flexibility index (Phi) is 2.65. The monoisotopic (exact) mass is 146 g/mol. The lowest BCUT2D eigenvalue weighted by Gasteiger charge is -2.24. The maximum Gasteiger partial charge on any atom is 0.329 e. The zero-order valence-corrected chi connectivity index (χ0v) is 5.58. The molecule has 0 bridgehead atoms. The van der Waals surface area contributed by atoms with Gasteiger partial charge in [-0.05, 0) is 0 Å². The number of hydrogen-bond acceptors (Lipinski definition) is 3. The molecule has 0 aliphatic carbocycles. The second-order valence-corrected chi connectivity index (χ2v) is 2.31. The van der Waals surface area contributed by atoms with Crippen LogP contribution in [0.3, 0.4) is 0 Å². The van der Waals surface area contributed by atoms with Crippen LogP contribution >= 0.6 is 0 Å². The molecule has 1 aliphatic rings. The van der Waals surface area contributed by atoms with Gasteiger partial charge in [-0.15, -0.1) is 0 Å². The molecular weight excluding hydrogens is 136 g/mol. The highest BCUT2D eigenvalue weighted by atomic mass is 16.5. The van der Waals surface area contributed by atoms with Gasteiger partial charge in [0.25, 0.3) is 0 Å². The minimum Gasteiger partial charge on any atom is -0.480 e. The Morgan fingerprint density at radius 1 is 1.70 bits per heavy atom. The van der Waals surface area contributed by atoms with Gasteiger partial charge in [-0.3, -0.25) is 0 Å². The number of rotatable bonds is 4. The molecule has 0 aromatic rings. The molecule has 0 radical (unpaired) electrons. The summed E-state index contributed by atoms with van der Waals surface area (Å²) in [5, 5.41) is 8.16. The van der Waals surface area contributed by atoms with Crippen molar-refractivity contribution in [2.75, 3.05) is 26.4 Å². The lowest BCUT2D eigenvalue weighted by molar-refractivity contribution is -0.145. The first-order valence-electron chi connectivity index (χ1n) is 3.16. The average molecular weight is 146 g/mol. The van der Waals surface area contributed by atoms with E-state index in [2.05, 4.69) is 0 Å². The predicted octanol–water partition coefficient (Wildman–Crippen LogP) is -0.266. The van der Waals surface area contributed by atoms with Gasteiger partial charge in [0.15, 0.2) is 0 Å². The van der Waals surface area contributed by atoms with Crippen molar-refractivity contribution in [1.82, 2.24) is 0 Å². The third kappa shape index (κ3) is 2.33. The molecule has 10 heavy (non-hydrogen) atoms. The maximum atomic E-state index is 9.93. The summed E-state index contributed by atoms with van der Waals surface area (Å²) in [4.78, 5) is 9.93. The van der Waals surface area contributed by atoms with Crippen LogP contribution in [0.5, 0.6) is 0 Å². The molecule has 0 saturated carbocycles. The Bertz CT molecular complexity index is 119. The molecule has 1 aliphatic heterocycles.